The lowest BCUT2D eigenvalue weighted by molar-refractivity contribution is 0.358. The minimum atomic E-state index is -1.19. The second-order valence-electron chi connectivity index (χ2n) is 9.96. The maximum absolute atomic E-state index is 2.62. The molecular formula is C24H42Si. The van der Waals surface area contributed by atoms with Crippen molar-refractivity contribution in [2.24, 2.45) is 5.41 Å². The van der Waals surface area contributed by atoms with E-state index in [4.69, 9.17) is 0 Å². The summed E-state index contributed by atoms with van der Waals surface area (Å²) in [5.41, 5.74) is 7.69. The van der Waals surface area contributed by atoms with Gasteiger partial charge in [-0.05, 0) is 54.2 Å². The summed E-state index contributed by atoms with van der Waals surface area (Å²) in [6, 6.07) is 9.37. The van der Waals surface area contributed by atoms with Crippen LogP contribution >= 0.6 is 0 Å². The zero-order valence-electron chi connectivity index (χ0n) is 18.0. The van der Waals surface area contributed by atoms with E-state index < -0.39 is 8.07 Å². The molecule has 0 atom stereocenters. The van der Waals surface area contributed by atoms with Crippen LogP contribution in [0.15, 0.2) is 30.0 Å². The zero-order chi connectivity index (χ0) is 18.9. The Bertz CT molecular complexity index is 526. The van der Waals surface area contributed by atoms with Gasteiger partial charge in [-0.25, -0.2) is 0 Å². The van der Waals surface area contributed by atoms with E-state index >= 15 is 0 Å². The van der Waals surface area contributed by atoms with Crippen LogP contribution in [0.25, 0.3) is 5.57 Å². The number of rotatable bonds is 10. The predicted molar refractivity (Wildman–Crippen MR) is 119 cm³/mol. The molecule has 0 unspecified atom stereocenters. The van der Waals surface area contributed by atoms with Gasteiger partial charge in [0.05, 0.1) is 8.07 Å². The van der Waals surface area contributed by atoms with Crippen molar-refractivity contribution >= 4 is 13.6 Å². The van der Waals surface area contributed by atoms with Crippen LogP contribution in [0.1, 0.15) is 83.8 Å². The summed E-state index contributed by atoms with van der Waals surface area (Å²) in [5, 5.41) is 0. The molecule has 0 spiro atoms. The molecule has 0 aromatic heterocycles. The first-order chi connectivity index (χ1) is 11.6. The van der Waals surface area contributed by atoms with E-state index in [9.17, 15) is 0 Å². The Kier molecular flexibility index (Phi) is 9.20. The number of hydrogen-bond acceptors (Lipinski definition) is 0. The number of hydrogen-bond donors (Lipinski definition) is 0. The first kappa shape index (κ1) is 22.2. The molecule has 0 nitrogen and oxygen atoms in total. The van der Waals surface area contributed by atoms with Crippen molar-refractivity contribution in [2.75, 3.05) is 0 Å². The maximum atomic E-state index is 2.62. The van der Waals surface area contributed by atoms with Crippen molar-refractivity contribution in [1.82, 2.24) is 0 Å². The van der Waals surface area contributed by atoms with Gasteiger partial charge < -0.3 is 0 Å². The molecular weight excluding hydrogens is 316 g/mol. The van der Waals surface area contributed by atoms with E-state index in [1.54, 1.807) is 5.57 Å². The van der Waals surface area contributed by atoms with E-state index in [-0.39, 0.29) is 0 Å². The second kappa shape index (κ2) is 10.4. The van der Waals surface area contributed by atoms with Crippen LogP contribution in [0.2, 0.25) is 19.6 Å². The van der Waals surface area contributed by atoms with Crippen molar-refractivity contribution in [3.05, 3.63) is 41.1 Å². The van der Waals surface area contributed by atoms with Crippen LogP contribution in [-0.4, -0.2) is 8.07 Å². The van der Waals surface area contributed by atoms with Crippen molar-refractivity contribution in [3.63, 3.8) is 0 Å². The Morgan fingerprint density at radius 3 is 2.32 bits per heavy atom. The molecule has 0 saturated heterocycles. The molecule has 25 heavy (non-hydrogen) atoms. The monoisotopic (exact) mass is 358 g/mol. The molecule has 0 fully saturated rings. The molecule has 0 amide bonds. The highest BCUT2D eigenvalue weighted by Gasteiger charge is 2.13. The third-order valence-electron chi connectivity index (χ3n) is 4.60. The second-order valence-corrected chi connectivity index (χ2v) is 15.0. The van der Waals surface area contributed by atoms with Gasteiger partial charge in [0.15, 0.2) is 0 Å². The van der Waals surface area contributed by atoms with Gasteiger partial charge in [0.2, 0.25) is 0 Å². The van der Waals surface area contributed by atoms with Gasteiger partial charge in [-0.3, -0.25) is 0 Å². The van der Waals surface area contributed by atoms with Gasteiger partial charge in [0, 0.05) is 0 Å². The predicted octanol–water partition coefficient (Wildman–Crippen LogP) is 8.29. The fourth-order valence-corrected chi connectivity index (χ4v) is 4.63. The molecule has 0 radical (unpaired) electrons. The van der Waals surface area contributed by atoms with Gasteiger partial charge >= 0.3 is 0 Å². The third-order valence-corrected chi connectivity index (χ3v) is 5.81. The molecule has 0 heterocycles. The fraction of sp³-hybridized carbons (Fsp3) is 0.667. The summed E-state index contributed by atoms with van der Waals surface area (Å²) in [7, 11) is -1.19. The minimum Gasteiger partial charge on any atom is -0.0913 e. The zero-order valence-corrected chi connectivity index (χ0v) is 19.0. The van der Waals surface area contributed by atoms with Gasteiger partial charge in [0.1, 0.15) is 0 Å². The Balaban J connectivity index is 2.69. The number of benzene rings is 1. The molecule has 0 N–H and O–H groups in total. The lowest BCUT2D eigenvalue weighted by Gasteiger charge is -2.17. The summed E-state index contributed by atoms with van der Waals surface area (Å²) < 4.78 is 0. The molecule has 1 aromatic rings. The van der Waals surface area contributed by atoms with E-state index in [0.717, 1.165) is 0 Å². The highest BCUT2D eigenvalue weighted by Crippen LogP contribution is 2.26. The largest absolute Gasteiger partial charge is 0.0913 e. The first-order valence-corrected chi connectivity index (χ1v) is 14.0. The van der Waals surface area contributed by atoms with Crippen molar-refractivity contribution in [1.29, 1.82) is 0 Å². The number of aryl methyl sites for hydroxylation is 1. The highest BCUT2D eigenvalue weighted by molar-refractivity contribution is 6.81. The smallest absolute Gasteiger partial charge is 0.0690 e. The van der Waals surface area contributed by atoms with E-state index in [1.165, 1.54) is 62.5 Å². The SMILES string of the molecule is CCCC/C(=C\[Si](C)(C)C)c1cccc(CCCCCC(C)(C)C)c1. The Morgan fingerprint density at radius 1 is 1.00 bits per heavy atom. The third kappa shape index (κ3) is 10.7. The van der Waals surface area contributed by atoms with Crippen molar-refractivity contribution in [2.45, 2.75) is 98.7 Å². The molecule has 1 heteroatoms. The van der Waals surface area contributed by atoms with E-state index in [1.807, 2.05) is 0 Å². The van der Waals surface area contributed by atoms with E-state index in [0.29, 0.717) is 5.41 Å². The van der Waals surface area contributed by atoms with Crippen LogP contribution in [0.5, 0.6) is 0 Å². The normalized spacial score (nSPS) is 13.3. The van der Waals surface area contributed by atoms with Gasteiger partial charge in [-0.15, -0.1) is 0 Å². The summed E-state index contributed by atoms with van der Waals surface area (Å²) in [6.07, 6.45) is 10.4. The molecule has 0 aliphatic rings. The van der Waals surface area contributed by atoms with Crippen LogP contribution in [0.3, 0.4) is 0 Å². The summed E-state index contributed by atoms with van der Waals surface area (Å²) >= 11 is 0. The molecule has 142 valence electrons. The Morgan fingerprint density at radius 2 is 1.72 bits per heavy atom. The number of unbranched alkanes of at least 4 members (excludes halogenated alkanes) is 3. The summed E-state index contributed by atoms with van der Waals surface area (Å²) in [6.45, 7) is 16.7. The van der Waals surface area contributed by atoms with E-state index in [2.05, 4.69) is 77.3 Å². The molecule has 0 bridgehead atoms. The maximum Gasteiger partial charge on any atom is 0.0690 e. The van der Waals surface area contributed by atoms with Gasteiger partial charge in [0.25, 0.3) is 0 Å². The van der Waals surface area contributed by atoms with Crippen LogP contribution in [0, 0.1) is 5.41 Å². The molecule has 0 saturated carbocycles. The highest BCUT2D eigenvalue weighted by atomic mass is 28.3. The average Bonchev–Trinajstić information content (AvgIpc) is 2.49. The lowest BCUT2D eigenvalue weighted by Crippen LogP contribution is -2.16. The number of allylic oxidation sites excluding steroid dienone is 1. The average molecular weight is 359 g/mol. The summed E-state index contributed by atoms with van der Waals surface area (Å²) in [4.78, 5) is 0. The quantitative estimate of drug-likeness (QED) is 0.291. The molecule has 1 aromatic carbocycles. The first-order valence-electron chi connectivity index (χ1n) is 10.4. The van der Waals surface area contributed by atoms with Gasteiger partial charge in [-0.1, -0.05) is 96.6 Å². The standard InChI is InChI=1S/C24H42Si/c1-8-9-16-23(20-25(5,6)7)22-17-13-15-21(19-22)14-11-10-12-18-24(2,3)4/h13,15,17,19-20H,8-12,14,16,18H2,1-7H3/b23-20+. The summed E-state index contributed by atoms with van der Waals surface area (Å²) in [5.74, 6) is 0. The van der Waals surface area contributed by atoms with Crippen molar-refractivity contribution in [3.8, 4) is 0 Å². The van der Waals surface area contributed by atoms with Crippen LogP contribution in [-0.2, 0) is 6.42 Å². The van der Waals surface area contributed by atoms with Crippen LogP contribution in [0.4, 0.5) is 0 Å². The Hall–Kier alpha value is -0.823. The minimum absolute atomic E-state index is 0.482. The Labute approximate surface area is 159 Å². The topological polar surface area (TPSA) is 0 Å². The molecule has 0 aliphatic carbocycles. The van der Waals surface area contributed by atoms with Crippen molar-refractivity contribution < 1.29 is 0 Å². The fourth-order valence-electron chi connectivity index (χ4n) is 3.28. The lowest BCUT2D eigenvalue weighted by atomic mass is 9.89. The molecule has 0 aliphatic heterocycles. The molecule has 1 rings (SSSR count). The van der Waals surface area contributed by atoms with Crippen LogP contribution < -0.4 is 0 Å². The van der Waals surface area contributed by atoms with Gasteiger partial charge in [-0.2, -0.15) is 0 Å².